The number of thioether (sulfide) groups is 1. The summed E-state index contributed by atoms with van der Waals surface area (Å²) in [5.41, 5.74) is 0.648. The highest BCUT2D eigenvalue weighted by molar-refractivity contribution is 7.99. The molecular formula is C13H17NO2S. The zero-order valence-electron chi connectivity index (χ0n) is 10.4. The van der Waals surface area contributed by atoms with Crippen LogP contribution in [0.2, 0.25) is 0 Å². The highest BCUT2D eigenvalue weighted by atomic mass is 32.2. The monoisotopic (exact) mass is 251 g/mol. The van der Waals surface area contributed by atoms with Gasteiger partial charge in [0.05, 0.1) is 6.42 Å². The zero-order chi connectivity index (χ0) is 12.8. The molecule has 0 saturated heterocycles. The summed E-state index contributed by atoms with van der Waals surface area (Å²) < 4.78 is 0. The average Bonchev–Trinajstić information content (AvgIpc) is 2.29. The van der Waals surface area contributed by atoms with E-state index in [0.29, 0.717) is 5.56 Å². The smallest absolute Gasteiger partial charge is 0.229 e. The molecule has 0 radical (unpaired) electrons. The second kappa shape index (κ2) is 6.45. The van der Waals surface area contributed by atoms with Crippen LogP contribution in [0.15, 0.2) is 29.2 Å². The summed E-state index contributed by atoms with van der Waals surface area (Å²) in [6.07, 6.45) is -0.0612. The number of carbonyl (C=O) groups excluding carboxylic acids is 2. The van der Waals surface area contributed by atoms with Crippen molar-refractivity contribution in [3.05, 3.63) is 29.8 Å². The van der Waals surface area contributed by atoms with E-state index in [1.165, 1.54) is 4.90 Å². The van der Waals surface area contributed by atoms with Crippen LogP contribution < -0.4 is 0 Å². The van der Waals surface area contributed by atoms with Crippen molar-refractivity contribution in [1.29, 1.82) is 0 Å². The van der Waals surface area contributed by atoms with E-state index in [9.17, 15) is 9.59 Å². The van der Waals surface area contributed by atoms with Crippen molar-refractivity contribution >= 4 is 23.5 Å². The van der Waals surface area contributed by atoms with Crippen LogP contribution in [0.25, 0.3) is 0 Å². The Kier molecular flexibility index (Phi) is 5.22. The van der Waals surface area contributed by atoms with Crippen LogP contribution in [0, 0.1) is 0 Å². The van der Waals surface area contributed by atoms with Gasteiger partial charge in [-0.2, -0.15) is 0 Å². The lowest BCUT2D eigenvalue weighted by molar-refractivity contribution is -0.127. The summed E-state index contributed by atoms with van der Waals surface area (Å²) in [6.45, 7) is 2.04. The van der Waals surface area contributed by atoms with Crippen molar-refractivity contribution in [2.75, 3.05) is 19.8 Å². The van der Waals surface area contributed by atoms with E-state index < -0.39 is 0 Å². The SMILES string of the molecule is CCSc1ccccc1C(=O)CC(=O)N(C)C. The van der Waals surface area contributed by atoms with Gasteiger partial charge < -0.3 is 4.90 Å². The summed E-state index contributed by atoms with van der Waals surface area (Å²) in [7, 11) is 3.31. The first-order valence-electron chi connectivity index (χ1n) is 5.51. The minimum atomic E-state index is -0.161. The van der Waals surface area contributed by atoms with Crippen LogP contribution in [-0.4, -0.2) is 36.4 Å². The predicted octanol–water partition coefficient (Wildman–Crippen LogP) is 2.46. The lowest BCUT2D eigenvalue weighted by Gasteiger charge is -2.11. The molecule has 92 valence electrons. The number of benzene rings is 1. The first-order chi connectivity index (χ1) is 8.06. The standard InChI is InChI=1S/C13H17NO2S/c1-4-17-12-8-6-5-7-10(12)11(15)9-13(16)14(2)3/h5-8H,4,9H2,1-3H3. The second-order valence-corrected chi connectivity index (χ2v) is 5.12. The van der Waals surface area contributed by atoms with Gasteiger partial charge in [0.25, 0.3) is 0 Å². The zero-order valence-corrected chi connectivity index (χ0v) is 11.2. The number of ketones is 1. The minimum absolute atomic E-state index is 0.0612. The molecule has 1 rings (SSSR count). The van der Waals surface area contributed by atoms with E-state index in [0.717, 1.165) is 10.6 Å². The van der Waals surface area contributed by atoms with Crippen LogP contribution in [0.1, 0.15) is 23.7 Å². The first-order valence-corrected chi connectivity index (χ1v) is 6.50. The fourth-order valence-corrected chi connectivity index (χ4v) is 2.19. The predicted molar refractivity (Wildman–Crippen MR) is 70.5 cm³/mol. The molecule has 0 fully saturated rings. The van der Waals surface area contributed by atoms with Crippen LogP contribution in [-0.2, 0) is 4.79 Å². The number of hydrogen-bond donors (Lipinski definition) is 0. The maximum atomic E-state index is 12.0. The van der Waals surface area contributed by atoms with Crippen molar-refractivity contribution in [2.24, 2.45) is 0 Å². The van der Waals surface area contributed by atoms with E-state index in [1.54, 1.807) is 31.9 Å². The molecule has 1 aromatic rings. The Morgan fingerprint density at radius 1 is 1.24 bits per heavy atom. The third-order valence-corrected chi connectivity index (χ3v) is 3.25. The van der Waals surface area contributed by atoms with Crippen molar-refractivity contribution in [2.45, 2.75) is 18.2 Å². The Morgan fingerprint density at radius 3 is 2.47 bits per heavy atom. The molecule has 4 heteroatoms. The Balaban J connectivity index is 2.85. The van der Waals surface area contributed by atoms with Gasteiger partial charge in [-0.3, -0.25) is 9.59 Å². The summed E-state index contributed by atoms with van der Waals surface area (Å²) in [5.74, 6) is 0.637. The van der Waals surface area contributed by atoms with Gasteiger partial charge in [0.2, 0.25) is 5.91 Å². The van der Waals surface area contributed by atoms with Gasteiger partial charge in [-0.05, 0) is 11.8 Å². The summed E-state index contributed by atoms with van der Waals surface area (Å²) in [4.78, 5) is 25.9. The maximum Gasteiger partial charge on any atom is 0.229 e. The molecule has 0 atom stereocenters. The highest BCUT2D eigenvalue weighted by Crippen LogP contribution is 2.23. The molecule has 0 bridgehead atoms. The van der Waals surface area contributed by atoms with E-state index in [2.05, 4.69) is 0 Å². The van der Waals surface area contributed by atoms with Gasteiger partial charge >= 0.3 is 0 Å². The number of rotatable bonds is 5. The van der Waals surface area contributed by atoms with Gasteiger partial charge in [-0.1, -0.05) is 25.1 Å². The Morgan fingerprint density at radius 2 is 1.88 bits per heavy atom. The molecule has 17 heavy (non-hydrogen) atoms. The molecule has 0 aliphatic rings. The minimum Gasteiger partial charge on any atom is -0.348 e. The molecule has 1 aromatic carbocycles. The lowest BCUT2D eigenvalue weighted by atomic mass is 10.1. The normalized spacial score (nSPS) is 10.1. The molecule has 0 aromatic heterocycles. The average molecular weight is 251 g/mol. The molecule has 0 unspecified atom stereocenters. The molecule has 0 heterocycles. The second-order valence-electron chi connectivity index (χ2n) is 3.82. The molecule has 3 nitrogen and oxygen atoms in total. The third-order valence-electron chi connectivity index (χ3n) is 2.30. The molecular weight excluding hydrogens is 234 g/mol. The molecule has 0 aliphatic carbocycles. The van der Waals surface area contributed by atoms with Crippen molar-refractivity contribution in [3.8, 4) is 0 Å². The van der Waals surface area contributed by atoms with E-state index in [-0.39, 0.29) is 18.1 Å². The summed E-state index contributed by atoms with van der Waals surface area (Å²) >= 11 is 1.62. The van der Waals surface area contributed by atoms with E-state index in [4.69, 9.17) is 0 Å². The molecule has 0 saturated carbocycles. The third kappa shape index (κ3) is 3.89. The highest BCUT2D eigenvalue weighted by Gasteiger charge is 2.15. The maximum absolute atomic E-state index is 12.0. The van der Waals surface area contributed by atoms with Crippen LogP contribution in [0.3, 0.4) is 0 Å². The number of nitrogens with zero attached hydrogens (tertiary/aromatic N) is 1. The Hall–Kier alpha value is -1.29. The van der Waals surface area contributed by atoms with Gasteiger partial charge in [-0.15, -0.1) is 11.8 Å². The Bertz CT molecular complexity index is 416. The van der Waals surface area contributed by atoms with E-state index in [1.807, 2.05) is 25.1 Å². The van der Waals surface area contributed by atoms with Crippen molar-refractivity contribution in [3.63, 3.8) is 0 Å². The van der Waals surface area contributed by atoms with Gasteiger partial charge in [-0.25, -0.2) is 0 Å². The molecule has 0 spiro atoms. The van der Waals surface area contributed by atoms with Gasteiger partial charge in [0.1, 0.15) is 0 Å². The molecule has 1 amide bonds. The first kappa shape index (κ1) is 13.8. The topological polar surface area (TPSA) is 37.4 Å². The fourth-order valence-electron chi connectivity index (χ4n) is 1.37. The Labute approximate surface area is 106 Å². The quantitative estimate of drug-likeness (QED) is 0.458. The lowest BCUT2D eigenvalue weighted by Crippen LogP contribution is -2.24. The molecule has 0 aliphatic heterocycles. The van der Waals surface area contributed by atoms with Crippen LogP contribution in [0.4, 0.5) is 0 Å². The van der Waals surface area contributed by atoms with Crippen LogP contribution >= 0.6 is 11.8 Å². The van der Waals surface area contributed by atoms with Crippen LogP contribution in [0.5, 0.6) is 0 Å². The molecule has 0 N–H and O–H groups in total. The van der Waals surface area contributed by atoms with Gasteiger partial charge in [0.15, 0.2) is 5.78 Å². The fraction of sp³-hybridized carbons (Fsp3) is 0.385. The largest absolute Gasteiger partial charge is 0.348 e. The van der Waals surface area contributed by atoms with Crippen molar-refractivity contribution in [1.82, 2.24) is 4.90 Å². The summed E-state index contributed by atoms with van der Waals surface area (Å²) in [5, 5.41) is 0. The van der Waals surface area contributed by atoms with Crippen molar-refractivity contribution < 1.29 is 9.59 Å². The van der Waals surface area contributed by atoms with Gasteiger partial charge in [0, 0.05) is 24.6 Å². The van der Waals surface area contributed by atoms with E-state index >= 15 is 0 Å². The number of amides is 1. The summed E-state index contributed by atoms with van der Waals surface area (Å²) in [6, 6.07) is 7.43. The number of hydrogen-bond acceptors (Lipinski definition) is 3. The number of Topliss-reactive ketones (excluding diaryl/α,β-unsaturated/α-hetero) is 1. The number of carbonyl (C=O) groups is 2.